The number of carbonyl (C=O) groups is 2. The number of fused-ring (bicyclic) bond motifs is 3. The number of hydrogen-bond acceptors (Lipinski definition) is 4. The first-order chi connectivity index (χ1) is 16.0. The molecule has 3 aromatic rings. The van der Waals surface area contributed by atoms with Gasteiger partial charge in [0.1, 0.15) is 12.6 Å². The van der Waals surface area contributed by atoms with Gasteiger partial charge in [0.15, 0.2) is 0 Å². The summed E-state index contributed by atoms with van der Waals surface area (Å²) in [7, 11) is 0. The fourth-order valence-corrected chi connectivity index (χ4v) is 4.80. The number of benzene rings is 3. The van der Waals surface area contributed by atoms with Gasteiger partial charge in [-0.05, 0) is 41.3 Å². The van der Waals surface area contributed by atoms with Crippen molar-refractivity contribution < 1.29 is 19.4 Å². The molecule has 168 valence electrons. The second-order valence-electron chi connectivity index (χ2n) is 8.72. The largest absolute Gasteiger partial charge is 0.448 e. The third kappa shape index (κ3) is 4.10. The second kappa shape index (κ2) is 8.71. The van der Waals surface area contributed by atoms with Gasteiger partial charge < -0.3 is 15.2 Å². The number of anilines is 1. The fraction of sp³-hybridized carbons (Fsp3) is 0.259. The number of aryl methyl sites for hydroxylation is 1. The summed E-state index contributed by atoms with van der Waals surface area (Å²) in [5.74, 6) is -0.391. The maximum atomic E-state index is 13.0. The number of β-amino-alcohol motifs (C(OH)–C–C–N with tert-alkyl or cyclic N) is 1. The number of nitrogens with one attached hydrogen (secondary N) is 1. The number of carbonyl (C=O) groups excluding carboxylic acids is 2. The van der Waals surface area contributed by atoms with Crippen LogP contribution in [0.2, 0.25) is 0 Å². The zero-order valence-electron chi connectivity index (χ0n) is 18.4. The standard InChI is InChI=1S/C27H26N2O4/c1-17-10-12-18(13-11-17)28-26(31)25-14-19(30)15-29(25)27(32)33-16-24-22-8-4-2-6-20(22)21-7-3-5-9-23(21)24/h2-13,19,24-25,30H,14-16H2,1H3,(H,28,31)/t19-,25?/m1/s1. The predicted octanol–water partition coefficient (Wildman–Crippen LogP) is 4.32. The number of hydrogen-bond donors (Lipinski definition) is 2. The van der Waals surface area contributed by atoms with E-state index in [1.165, 1.54) is 4.90 Å². The lowest BCUT2D eigenvalue weighted by molar-refractivity contribution is -0.120. The Kier molecular flexibility index (Phi) is 5.60. The molecule has 6 heteroatoms. The second-order valence-corrected chi connectivity index (χ2v) is 8.72. The van der Waals surface area contributed by atoms with Crippen molar-refractivity contribution in [2.45, 2.75) is 31.4 Å². The van der Waals surface area contributed by atoms with Crippen LogP contribution in [0.5, 0.6) is 0 Å². The number of aliphatic hydroxyl groups excluding tert-OH is 1. The van der Waals surface area contributed by atoms with E-state index in [4.69, 9.17) is 4.74 Å². The first-order valence-corrected chi connectivity index (χ1v) is 11.2. The van der Waals surface area contributed by atoms with Crippen molar-refractivity contribution in [1.29, 1.82) is 0 Å². The molecule has 0 spiro atoms. The molecule has 6 nitrogen and oxygen atoms in total. The van der Waals surface area contributed by atoms with Crippen LogP contribution in [0, 0.1) is 6.92 Å². The number of ether oxygens (including phenoxy) is 1. The predicted molar refractivity (Wildman–Crippen MR) is 126 cm³/mol. The summed E-state index contributed by atoms with van der Waals surface area (Å²) in [6.45, 7) is 2.21. The molecule has 1 unspecified atom stereocenters. The lowest BCUT2D eigenvalue weighted by Gasteiger charge is -2.24. The highest BCUT2D eigenvalue weighted by atomic mass is 16.6. The van der Waals surface area contributed by atoms with Crippen LogP contribution < -0.4 is 5.32 Å². The van der Waals surface area contributed by atoms with E-state index < -0.39 is 18.2 Å². The van der Waals surface area contributed by atoms with Gasteiger partial charge in [-0.1, -0.05) is 66.2 Å². The Morgan fingerprint density at radius 1 is 0.970 bits per heavy atom. The van der Waals surface area contributed by atoms with Crippen molar-refractivity contribution in [2.75, 3.05) is 18.5 Å². The quantitative estimate of drug-likeness (QED) is 0.631. The van der Waals surface area contributed by atoms with Gasteiger partial charge in [-0.25, -0.2) is 4.79 Å². The highest BCUT2D eigenvalue weighted by molar-refractivity contribution is 5.97. The minimum absolute atomic E-state index is 0.0614. The Morgan fingerprint density at radius 3 is 2.21 bits per heavy atom. The van der Waals surface area contributed by atoms with Gasteiger partial charge in [0.25, 0.3) is 0 Å². The van der Waals surface area contributed by atoms with Crippen molar-refractivity contribution in [3.8, 4) is 11.1 Å². The average molecular weight is 443 g/mol. The molecule has 0 radical (unpaired) electrons. The van der Waals surface area contributed by atoms with Crippen molar-refractivity contribution in [1.82, 2.24) is 4.90 Å². The van der Waals surface area contributed by atoms with Crippen LogP contribution in [-0.2, 0) is 9.53 Å². The zero-order valence-corrected chi connectivity index (χ0v) is 18.4. The SMILES string of the molecule is Cc1ccc(NC(=O)C2C[C@@H](O)CN2C(=O)OCC2c3ccccc3-c3ccccc32)cc1. The topological polar surface area (TPSA) is 78.9 Å². The third-order valence-electron chi connectivity index (χ3n) is 6.47. The Bertz CT molecular complexity index is 1150. The molecular weight excluding hydrogens is 416 g/mol. The summed E-state index contributed by atoms with van der Waals surface area (Å²) in [6.07, 6.45) is -1.17. The fourth-order valence-electron chi connectivity index (χ4n) is 4.80. The van der Waals surface area contributed by atoms with E-state index in [2.05, 4.69) is 29.6 Å². The van der Waals surface area contributed by atoms with E-state index in [0.29, 0.717) is 5.69 Å². The van der Waals surface area contributed by atoms with Crippen LogP contribution in [0.4, 0.5) is 10.5 Å². The molecular formula is C27H26N2O4. The van der Waals surface area contributed by atoms with Crippen molar-refractivity contribution in [3.63, 3.8) is 0 Å². The first kappa shape index (κ1) is 21.2. The molecule has 2 aliphatic rings. The normalized spacial score (nSPS) is 19.2. The summed E-state index contributed by atoms with van der Waals surface area (Å²) in [5.41, 5.74) is 6.30. The zero-order chi connectivity index (χ0) is 22.9. The van der Waals surface area contributed by atoms with E-state index in [-0.39, 0.29) is 31.4 Å². The maximum absolute atomic E-state index is 13.0. The van der Waals surface area contributed by atoms with Gasteiger partial charge in [-0.15, -0.1) is 0 Å². The van der Waals surface area contributed by atoms with E-state index >= 15 is 0 Å². The minimum Gasteiger partial charge on any atom is -0.448 e. The molecule has 2 atom stereocenters. The molecule has 1 aliphatic carbocycles. The Morgan fingerprint density at radius 2 is 1.58 bits per heavy atom. The molecule has 2 amide bonds. The van der Waals surface area contributed by atoms with Crippen molar-refractivity contribution in [2.24, 2.45) is 0 Å². The number of amides is 2. The van der Waals surface area contributed by atoms with E-state index in [9.17, 15) is 14.7 Å². The molecule has 1 aliphatic heterocycles. The van der Waals surface area contributed by atoms with E-state index in [1.54, 1.807) is 0 Å². The van der Waals surface area contributed by atoms with Crippen molar-refractivity contribution >= 4 is 17.7 Å². The Labute approximate surface area is 192 Å². The highest BCUT2D eigenvalue weighted by Gasteiger charge is 2.40. The van der Waals surface area contributed by atoms with Crippen LogP contribution in [-0.4, -0.2) is 47.3 Å². The molecule has 33 heavy (non-hydrogen) atoms. The van der Waals surface area contributed by atoms with Crippen LogP contribution in [0.15, 0.2) is 72.8 Å². The van der Waals surface area contributed by atoms with Crippen LogP contribution in [0.3, 0.4) is 0 Å². The molecule has 0 bridgehead atoms. The third-order valence-corrected chi connectivity index (χ3v) is 6.47. The van der Waals surface area contributed by atoms with Gasteiger partial charge in [0.2, 0.25) is 5.91 Å². The van der Waals surface area contributed by atoms with Gasteiger partial charge in [0.05, 0.1) is 12.6 Å². The molecule has 1 heterocycles. The monoisotopic (exact) mass is 442 g/mol. The molecule has 0 aromatic heterocycles. The smallest absolute Gasteiger partial charge is 0.410 e. The van der Waals surface area contributed by atoms with Crippen LogP contribution in [0.1, 0.15) is 29.0 Å². The number of aliphatic hydroxyl groups is 1. The van der Waals surface area contributed by atoms with Gasteiger partial charge >= 0.3 is 6.09 Å². The van der Waals surface area contributed by atoms with E-state index in [1.807, 2.05) is 55.5 Å². The summed E-state index contributed by atoms with van der Waals surface area (Å²) in [4.78, 5) is 27.2. The van der Waals surface area contributed by atoms with Gasteiger partial charge in [-0.2, -0.15) is 0 Å². The Hall–Kier alpha value is -3.64. The minimum atomic E-state index is -0.781. The molecule has 0 saturated carbocycles. The summed E-state index contributed by atoms with van der Waals surface area (Å²) >= 11 is 0. The van der Waals surface area contributed by atoms with Crippen molar-refractivity contribution in [3.05, 3.63) is 89.5 Å². The first-order valence-electron chi connectivity index (χ1n) is 11.2. The average Bonchev–Trinajstić information content (AvgIpc) is 3.37. The molecule has 1 fully saturated rings. The number of rotatable bonds is 4. The lowest BCUT2D eigenvalue weighted by Crippen LogP contribution is -2.43. The molecule has 2 N–H and O–H groups in total. The summed E-state index contributed by atoms with van der Waals surface area (Å²) in [6, 6.07) is 22.9. The highest BCUT2D eigenvalue weighted by Crippen LogP contribution is 2.44. The Balaban J connectivity index is 1.29. The number of likely N-dealkylation sites (tertiary alicyclic amines) is 1. The molecule has 5 rings (SSSR count). The number of nitrogens with zero attached hydrogens (tertiary/aromatic N) is 1. The molecule has 3 aromatic carbocycles. The van der Waals surface area contributed by atoms with Crippen LogP contribution >= 0.6 is 0 Å². The molecule has 1 saturated heterocycles. The van der Waals surface area contributed by atoms with Gasteiger partial charge in [-0.3, -0.25) is 9.69 Å². The maximum Gasteiger partial charge on any atom is 0.410 e. The summed E-state index contributed by atoms with van der Waals surface area (Å²) < 4.78 is 5.71. The summed E-state index contributed by atoms with van der Waals surface area (Å²) in [5, 5.41) is 13.0. The van der Waals surface area contributed by atoms with E-state index in [0.717, 1.165) is 27.8 Å². The van der Waals surface area contributed by atoms with Crippen LogP contribution in [0.25, 0.3) is 11.1 Å². The lowest BCUT2D eigenvalue weighted by atomic mass is 9.98. The van der Waals surface area contributed by atoms with Gasteiger partial charge in [0, 0.05) is 18.0 Å².